The third kappa shape index (κ3) is 5.06. The number of carbonyl (C=O) groups is 2. The molecule has 28 heavy (non-hydrogen) atoms. The zero-order valence-electron chi connectivity index (χ0n) is 17.1. The van der Waals surface area contributed by atoms with Crippen LogP contribution in [-0.2, 0) is 24.1 Å². The van der Waals surface area contributed by atoms with Gasteiger partial charge in [0.2, 0.25) is 5.91 Å². The molecule has 0 radical (unpaired) electrons. The zero-order chi connectivity index (χ0) is 20.3. The van der Waals surface area contributed by atoms with E-state index in [-0.39, 0.29) is 5.78 Å². The maximum atomic E-state index is 12.5. The average Bonchev–Trinajstić information content (AvgIpc) is 3.39. The van der Waals surface area contributed by atoms with Crippen molar-refractivity contribution < 1.29 is 9.59 Å². The van der Waals surface area contributed by atoms with E-state index in [0.717, 1.165) is 35.6 Å². The second-order valence-corrected chi connectivity index (χ2v) is 8.29. The highest BCUT2D eigenvalue weighted by Gasteiger charge is 2.29. The molecule has 1 aliphatic rings. The fourth-order valence-corrected chi connectivity index (χ4v) is 3.47. The summed E-state index contributed by atoms with van der Waals surface area (Å²) >= 11 is 0. The summed E-state index contributed by atoms with van der Waals surface area (Å²) in [6, 6.07) is 5.77. The highest BCUT2D eigenvalue weighted by Crippen LogP contribution is 2.37. The van der Waals surface area contributed by atoms with Gasteiger partial charge in [-0.05, 0) is 55.4 Å². The lowest BCUT2D eigenvalue weighted by molar-refractivity contribution is -0.118. The predicted octanol–water partition coefficient (Wildman–Crippen LogP) is 3.35. The second-order valence-electron chi connectivity index (χ2n) is 8.29. The third-order valence-corrected chi connectivity index (χ3v) is 5.34. The topological polar surface area (TPSA) is 90.9 Å². The number of hydrogen-bond acceptors (Lipinski definition) is 4. The van der Waals surface area contributed by atoms with E-state index in [1.54, 1.807) is 12.1 Å². The van der Waals surface area contributed by atoms with Crippen LogP contribution in [0.1, 0.15) is 78.7 Å². The normalized spacial score (nSPS) is 13.9. The van der Waals surface area contributed by atoms with Crippen LogP contribution in [0.25, 0.3) is 0 Å². The Balaban J connectivity index is 1.61. The molecule has 6 heteroatoms. The van der Waals surface area contributed by atoms with Gasteiger partial charge in [0.15, 0.2) is 0 Å². The molecule has 0 saturated heterocycles. The van der Waals surface area contributed by atoms with E-state index in [1.165, 1.54) is 12.8 Å². The van der Waals surface area contributed by atoms with Gasteiger partial charge >= 0.3 is 0 Å². The van der Waals surface area contributed by atoms with Crippen LogP contribution < -0.4 is 5.73 Å². The molecule has 0 bridgehead atoms. The molecule has 1 aliphatic carbocycles. The van der Waals surface area contributed by atoms with Crippen LogP contribution >= 0.6 is 0 Å². The van der Waals surface area contributed by atoms with E-state index >= 15 is 0 Å². The van der Waals surface area contributed by atoms with Gasteiger partial charge in [-0.15, -0.1) is 10.2 Å². The molecule has 1 amide bonds. The van der Waals surface area contributed by atoms with Gasteiger partial charge in [0.1, 0.15) is 17.4 Å². The lowest BCUT2D eigenvalue weighted by Crippen LogP contribution is -2.13. The minimum absolute atomic E-state index is 0.170. The van der Waals surface area contributed by atoms with Crippen LogP contribution in [0.15, 0.2) is 18.2 Å². The van der Waals surface area contributed by atoms with Crippen LogP contribution in [0, 0.1) is 12.8 Å². The molecule has 1 aromatic heterocycles. The number of benzene rings is 1. The van der Waals surface area contributed by atoms with Crippen molar-refractivity contribution in [2.45, 2.75) is 71.8 Å². The number of primary amides is 1. The van der Waals surface area contributed by atoms with Gasteiger partial charge in [0.05, 0.1) is 0 Å². The minimum Gasteiger partial charge on any atom is -0.366 e. The molecule has 0 aliphatic heterocycles. The van der Waals surface area contributed by atoms with Gasteiger partial charge in [-0.25, -0.2) is 0 Å². The van der Waals surface area contributed by atoms with E-state index in [9.17, 15) is 9.59 Å². The number of ketones is 1. The number of aryl methyl sites for hydroxylation is 3. The molecule has 0 atom stereocenters. The maximum Gasteiger partial charge on any atom is 0.248 e. The van der Waals surface area contributed by atoms with Gasteiger partial charge in [0.25, 0.3) is 0 Å². The van der Waals surface area contributed by atoms with Gasteiger partial charge in [0, 0.05) is 37.3 Å². The number of carbonyl (C=O) groups excluding carboxylic acids is 2. The highest BCUT2D eigenvalue weighted by molar-refractivity contribution is 5.93. The smallest absolute Gasteiger partial charge is 0.248 e. The molecular weight excluding hydrogens is 352 g/mol. The van der Waals surface area contributed by atoms with E-state index in [1.807, 2.05) is 13.0 Å². The zero-order valence-corrected chi connectivity index (χ0v) is 17.1. The number of rotatable bonds is 10. The summed E-state index contributed by atoms with van der Waals surface area (Å²) in [6.07, 6.45) is 5.85. The van der Waals surface area contributed by atoms with E-state index in [0.29, 0.717) is 36.8 Å². The SMILES string of the molecule is Cc1cc(C(N)=O)ccc1CC(=O)CCc1nnc(CCC(C)C)n1C1CC1. The van der Waals surface area contributed by atoms with E-state index in [4.69, 9.17) is 5.73 Å². The predicted molar refractivity (Wildman–Crippen MR) is 108 cm³/mol. The Hall–Kier alpha value is -2.50. The largest absolute Gasteiger partial charge is 0.366 e. The molecule has 1 saturated carbocycles. The van der Waals surface area contributed by atoms with Crippen molar-refractivity contribution in [1.29, 1.82) is 0 Å². The average molecular weight is 383 g/mol. The summed E-state index contributed by atoms with van der Waals surface area (Å²) in [5.74, 6) is 2.36. The Labute approximate surface area is 166 Å². The Morgan fingerprint density at radius 1 is 1.18 bits per heavy atom. The van der Waals surface area contributed by atoms with Crippen molar-refractivity contribution in [2.24, 2.45) is 11.7 Å². The Kier molecular flexibility index (Phi) is 6.27. The van der Waals surface area contributed by atoms with Crippen LogP contribution in [0.4, 0.5) is 0 Å². The number of Topliss-reactive ketones (excluding diaryl/α,β-unsaturated/α-hetero) is 1. The lowest BCUT2D eigenvalue weighted by atomic mass is 9.99. The lowest BCUT2D eigenvalue weighted by Gasteiger charge is -2.10. The van der Waals surface area contributed by atoms with Crippen molar-refractivity contribution in [1.82, 2.24) is 14.8 Å². The fourth-order valence-electron chi connectivity index (χ4n) is 3.47. The first-order valence-corrected chi connectivity index (χ1v) is 10.2. The Morgan fingerprint density at radius 2 is 1.86 bits per heavy atom. The molecule has 1 heterocycles. The third-order valence-electron chi connectivity index (χ3n) is 5.34. The summed E-state index contributed by atoms with van der Waals surface area (Å²) in [5, 5.41) is 8.80. The molecule has 150 valence electrons. The van der Waals surface area contributed by atoms with Gasteiger partial charge in [-0.1, -0.05) is 19.9 Å². The maximum absolute atomic E-state index is 12.5. The first-order chi connectivity index (χ1) is 13.3. The minimum atomic E-state index is -0.450. The highest BCUT2D eigenvalue weighted by atomic mass is 16.1. The van der Waals surface area contributed by atoms with E-state index < -0.39 is 5.91 Å². The first kappa shape index (κ1) is 20.2. The summed E-state index contributed by atoms with van der Waals surface area (Å²) in [7, 11) is 0. The number of hydrogen-bond donors (Lipinski definition) is 1. The first-order valence-electron chi connectivity index (χ1n) is 10.2. The van der Waals surface area contributed by atoms with Gasteiger partial charge in [-0.3, -0.25) is 9.59 Å². The molecule has 0 unspecified atom stereocenters. The van der Waals surface area contributed by atoms with Crippen molar-refractivity contribution in [2.75, 3.05) is 0 Å². The molecule has 1 aromatic carbocycles. The number of amides is 1. The molecule has 1 fully saturated rings. The standard InChI is InChI=1S/C22H30N4O2/c1-14(2)4-10-20-24-25-21(26(20)18-7-8-18)11-9-19(27)13-16-5-6-17(22(23)28)12-15(16)3/h5-6,12,14,18H,4,7-11,13H2,1-3H3,(H2,23,28). The molecule has 6 nitrogen and oxygen atoms in total. The summed E-state index contributed by atoms with van der Waals surface area (Å²) < 4.78 is 2.28. The second kappa shape index (κ2) is 8.67. The van der Waals surface area contributed by atoms with Crippen molar-refractivity contribution in [3.05, 3.63) is 46.5 Å². The summed E-state index contributed by atoms with van der Waals surface area (Å²) in [5.41, 5.74) is 7.64. The Bertz CT molecular complexity index is 865. The quantitative estimate of drug-likeness (QED) is 0.682. The summed E-state index contributed by atoms with van der Waals surface area (Å²) in [6.45, 7) is 6.34. The molecule has 2 aromatic rings. The number of aromatic nitrogens is 3. The van der Waals surface area contributed by atoms with Crippen molar-refractivity contribution in [3.8, 4) is 0 Å². The molecule has 3 rings (SSSR count). The number of nitrogens with zero attached hydrogens (tertiary/aromatic N) is 3. The fraction of sp³-hybridized carbons (Fsp3) is 0.545. The Morgan fingerprint density at radius 3 is 2.43 bits per heavy atom. The van der Waals surface area contributed by atoms with Crippen LogP contribution in [0.2, 0.25) is 0 Å². The van der Waals surface area contributed by atoms with Crippen molar-refractivity contribution >= 4 is 11.7 Å². The summed E-state index contributed by atoms with van der Waals surface area (Å²) in [4.78, 5) is 23.8. The van der Waals surface area contributed by atoms with Crippen LogP contribution in [0.5, 0.6) is 0 Å². The van der Waals surface area contributed by atoms with E-state index in [2.05, 4.69) is 28.6 Å². The van der Waals surface area contributed by atoms with Gasteiger partial charge in [-0.2, -0.15) is 0 Å². The van der Waals surface area contributed by atoms with Crippen molar-refractivity contribution in [3.63, 3.8) is 0 Å². The monoisotopic (exact) mass is 382 g/mol. The van der Waals surface area contributed by atoms with Gasteiger partial charge < -0.3 is 10.3 Å². The van der Waals surface area contributed by atoms with Crippen LogP contribution in [-0.4, -0.2) is 26.5 Å². The molecular formula is C22H30N4O2. The van der Waals surface area contributed by atoms with Crippen LogP contribution in [0.3, 0.4) is 0 Å². The molecule has 2 N–H and O–H groups in total. The molecule has 0 spiro atoms. The number of nitrogens with two attached hydrogens (primary N) is 1.